The van der Waals surface area contributed by atoms with E-state index in [1.54, 1.807) is 29.1 Å². The number of carbonyl (C=O) groups is 1. The highest BCUT2D eigenvalue weighted by atomic mass is 32.2. The van der Waals surface area contributed by atoms with Gasteiger partial charge in [0, 0.05) is 18.1 Å². The number of benzene rings is 1. The van der Waals surface area contributed by atoms with E-state index >= 15 is 0 Å². The molecule has 0 spiro atoms. The summed E-state index contributed by atoms with van der Waals surface area (Å²) in [6, 6.07) is 7.74. The van der Waals surface area contributed by atoms with Crippen molar-refractivity contribution in [2.24, 2.45) is 0 Å². The first-order chi connectivity index (χ1) is 10.1. The Balaban J connectivity index is 2.01. The zero-order valence-electron chi connectivity index (χ0n) is 12.3. The Kier molecular flexibility index (Phi) is 5.16. The van der Waals surface area contributed by atoms with Crippen LogP contribution in [0.25, 0.3) is 0 Å². The van der Waals surface area contributed by atoms with E-state index in [9.17, 15) is 4.79 Å². The van der Waals surface area contributed by atoms with Crippen LogP contribution in [0.4, 0.5) is 11.5 Å². The molecule has 0 aliphatic heterocycles. The number of hydrogen-bond acceptors (Lipinski definition) is 5. The van der Waals surface area contributed by atoms with Crippen molar-refractivity contribution >= 4 is 29.2 Å². The molecule has 2 aromatic rings. The van der Waals surface area contributed by atoms with Crippen molar-refractivity contribution in [1.29, 1.82) is 0 Å². The van der Waals surface area contributed by atoms with Gasteiger partial charge in [0.05, 0.1) is 24.1 Å². The first-order valence-electron chi connectivity index (χ1n) is 6.53. The Bertz CT molecular complexity index is 633. The van der Waals surface area contributed by atoms with E-state index in [4.69, 9.17) is 0 Å². The monoisotopic (exact) mass is 302 g/mol. The molecule has 0 atom stereocenters. The molecule has 2 rings (SSSR count). The van der Waals surface area contributed by atoms with Crippen LogP contribution >= 0.6 is 11.8 Å². The number of aryl methyl sites for hydroxylation is 1. The van der Waals surface area contributed by atoms with Crippen molar-refractivity contribution in [3.05, 3.63) is 42.4 Å². The van der Waals surface area contributed by atoms with Crippen LogP contribution in [0.2, 0.25) is 0 Å². The van der Waals surface area contributed by atoms with Gasteiger partial charge >= 0.3 is 0 Å². The second kappa shape index (κ2) is 7.08. The van der Waals surface area contributed by atoms with Crippen molar-refractivity contribution in [2.45, 2.75) is 11.8 Å². The number of nitrogens with zero attached hydrogens (tertiary/aromatic N) is 3. The number of amides is 1. The Labute approximate surface area is 128 Å². The molecule has 5 nitrogen and oxygen atoms in total. The number of aromatic nitrogens is 2. The lowest BCUT2D eigenvalue weighted by Gasteiger charge is -2.18. The van der Waals surface area contributed by atoms with Crippen molar-refractivity contribution in [1.82, 2.24) is 9.97 Å². The molecule has 0 aliphatic rings. The second-order valence-corrected chi connectivity index (χ2v) is 5.47. The van der Waals surface area contributed by atoms with Crippen LogP contribution in [0.1, 0.15) is 5.69 Å². The summed E-state index contributed by atoms with van der Waals surface area (Å²) >= 11 is 1.60. The number of carbonyl (C=O) groups excluding carboxylic acids is 1. The first kappa shape index (κ1) is 15.3. The van der Waals surface area contributed by atoms with Gasteiger partial charge in [0.2, 0.25) is 5.91 Å². The van der Waals surface area contributed by atoms with Crippen molar-refractivity contribution in [2.75, 3.05) is 30.1 Å². The predicted molar refractivity (Wildman–Crippen MR) is 86.9 cm³/mol. The smallest absolute Gasteiger partial charge is 0.243 e. The average molecular weight is 302 g/mol. The summed E-state index contributed by atoms with van der Waals surface area (Å²) in [4.78, 5) is 23.4. The van der Waals surface area contributed by atoms with Gasteiger partial charge < -0.3 is 10.2 Å². The Morgan fingerprint density at radius 3 is 2.81 bits per heavy atom. The molecule has 1 heterocycles. The number of hydrogen-bond donors (Lipinski definition) is 1. The lowest BCUT2D eigenvalue weighted by Crippen LogP contribution is -2.30. The number of likely N-dealkylation sites (N-methyl/N-ethyl adjacent to an activating group) is 1. The molecule has 0 saturated carbocycles. The van der Waals surface area contributed by atoms with Gasteiger partial charge in [-0.3, -0.25) is 9.78 Å². The molecule has 1 aromatic heterocycles. The molecule has 0 aliphatic carbocycles. The fourth-order valence-corrected chi connectivity index (χ4v) is 2.42. The van der Waals surface area contributed by atoms with Gasteiger partial charge in [-0.1, -0.05) is 12.1 Å². The van der Waals surface area contributed by atoms with Crippen molar-refractivity contribution in [3.63, 3.8) is 0 Å². The summed E-state index contributed by atoms with van der Waals surface area (Å²) < 4.78 is 0. The molecular formula is C15H18N4OS. The normalized spacial score (nSPS) is 10.2. The maximum absolute atomic E-state index is 12.1. The largest absolute Gasteiger partial charge is 0.349 e. The first-order valence-corrected chi connectivity index (χ1v) is 7.75. The third-order valence-corrected chi connectivity index (χ3v) is 3.69. The standard InChI is InChI=1S/C15H18N4OS/c1-11-8-16-9-14(17-11)19(2)10-15(20)18-12-6-4-5-7-13(12)21-3/h4-9H,10H2,1-3H3,(H,18,20). The Hall–Kier alpha value is -2.08. The predicted octanol–water partition coefficient (Wildman–Crippen LogP) is 2.58. The van der Waals surface area contributed by atoms with E-state index in [2.05, 4.69) is 15.3 Å². The molecule has 0 saturated heterocycles. The Morgan fingerprint density at radius 2 is 2.10 bits per heavy atom. The molecule has 1 amide bonds. The highest BCUT2D eigenvalue weighted by Crippen LogP contribution is 2.24. The zero-order chi connectivity index (χ0) is 15.2. The van der Waals surface area contributed by atoms with Gasteiger partial charge in [-0.25, -0.2) is 4.98 Å². The van der Waals surface area contributed by atoms with E-state index in [0.717, 1.165) is 16.3 Å². The lowest BCUT2D eigenvalue weighted by atomic mass is 10.3. The summed E-state index contributed by atoms with van der Waals surface area (Å²) in [5, 5.41) is 2.93. The molecule has 1 aromatic carbocycles. The number of anilines is 2. The molecule has 0 bridgehead atoms. The minimum Gasteiger partial charge on any atom is -0.349 e. The van der Waals surface area contributed by atoms with Crippen LogP contribution in [-0.2, 0) is 4.79 Å². The maximum atomic E-state index is 12.1. The van der Waals surface area contributed by atoms with E-state index < -0.39 is 0 Å². The minimum atomic E-state index is -0.0812. The molecule has 21 heavy (non-hydrogen) atoms. The topological polar surface area (TPSA) is 58.1 Å². The van der Waals surface area contributed by atoms with Crippen LogP contribution in [0.15, 0.2) is 41.6 Å². The van der Waals surface area contributed by atoms with E-state index in [1.807, 2.05) is 44.5 Å². The summed E-state index contributed by atoms with van der Waals surface area (Å²) in [7, 11) is 1.82. The average Bonchev–Trinajstić information content (AvgIpc) is 2.47. The second-order valence-electron chi connectivity index (χ2n) is 4.62. The van der Waals surface area contributed by atoms with Gasteiger partial charge in [0.1, 0.15) is 5.82 Å². The third-order valence-electron chi connectivity index (χ3n) is 2.90. The van der Waals surface area contributed by atoms with E-state index in [-0.39, 0.29) is 12.5 Å². The number of rotatable bonds is 5. The van der Waals surface area contributed by atoms with Gasteiger partial charge in [-0.2, -0.15) is 0 Å². The van der Waals surface area contributed by atoms with E-state index in [1.165, 1.54) is 0 Å². The van der Waals surface area contributed by atoms with Crippen LogP contribution in [0, 0.1) is 6.92 Å². The van der Waals surface area contributed by atoms with Crippen LogP contribution < -0.4 is 10.2 Å². The van der Waals surface area contributed by atoms with Gasteiger partial charge in [0.25, 0.3) is 0 Å². The van der Waals surface area contributed by atoms with Crippen molar-refractivity contribution in [3.8, 4) is 0 Å². The number of thioether (sulfide) groups is 1. The molecule has 0 unspecified atom stereocenters. The summed E-state index contributed by atoms with van der Waals surface area (Å²) in [5.74, 6) is 0.602. The summed E-state index contributed by atoms with van der Waals surface area (Å²) in [6.45, 7) is 2.10. The third kappa shape index (κ3) is 4.19. The van der Waals surface area contributed by atoms with Crippen LogP contribution in [0.5, 0.6) is 0 Å². The zero-order valence-corrected chi connectivity index (χ0v) is 13.1. The summed E-state index contributed by atoms with van der Waals surface area (Å²) in [5.41, 5.74) is 1.66. The van der Waals surface area contributed by atoms with Crippen LogP contribution in [-0.4, -0.2) is 35.7 Å². The van der Waals surface area contributed by atoms with Gasteiger partial charge in [0.15, 0.2) is 0 Å². The maximum Gasteiger partial charge on any atom is 0.243 e. The fraction of sp³-hybridized carbons (Fsp3) is 0.267. The SMILES string of the molecule is CSc1ccccc1NC(=O)CN(C)c1cncc(C)n1. The molecule has 110 valence electrons. The van der Waals surface area contributed by atoms with Gasteiger partial charge in [-0.15, -0.1) is 11.8 Å². The Morgan fingerprint density at radius 1 is 1.33 bits per heavy atom. The van der Waals surface area contributed by atoms with Crippen LogP contribution in [0.3, 0.4) is 0 Å². The van der Waals surface area contributed by atoms with Gasteiger partial charge in [-0.05, 0) is 25.3 Å². The molecule has 1 N–H and O–H groups in total. The quantitative estimate of drug-likeness (QED) is 0.860. The molecule has 6 heteroatoms. The number of para-hydroxylation sites is 1. The molecule has 0 fully saturated rings. The highest BCUT2D eigenvalue weighted by Gasteiger charge is 2.11. The molecule has 0 radical (unpaired) electrons. The summed E-state index contributed by atoms with van der Waals surface area (Å²) in [6.07, 6.45) is 5.32. The van der Waals surface area contributed by atoms with E-state index in [0.29, 0.717) is 5.82 Å². The minimum absolute atomic E-state index is 0.0812. The lowest BCUT2D eigenvalue weighted by molar-refractivity contribution is -0.114. The highest BCUT2D eigenvalue weighted by molar-refractivity contribution is 7.98. The molecular weight excluding hydrogens is 284 g/mol. The number of nitrogens with one attached hydrogen (secondary N) is 1. The van der Waals surface area contributed by atoms with Crippen molar-refractivity contribution < 1.29 is 4.79 Å². The fourth-order valence-electron chi connectivity index (χ4n) is 1.87.